The van der Waals surface area contributed by atoms with Crippen LogP contribution in [0.3, 0.4) is 0 Å². The van der Waals surface area contributed by atoms with Gasteiger partial charge in [0.05, 0.1) is 12.0 Å². The van der Waals surface area contributed by atoms with Gasteiger partial charge in [-0.25, -0.2) is 4.79 Å². The lowest BCUT2D eigenvalue weighted by molar-refractivity contribution is -0.131. The van der Waals surface area contributed by atoms with E-state index in [1.54, 1.807) is 12.3 Å². The largest absolute Gasteiger partial charge is 0.478 e. The molecule has 3 nitrogen and oxygen atoms in total. The summed E-state index contributed by atoms with van der Waals surface area (Å²) >= 11 is 1.38. The van der Waals surface area contributed by atoms with Crippen LogP contribution in [-0.2, 0) is 10.5 Å². The Morgan fingerprint density at radius 3 is 3.17 bits per heavy atom. The van der Waals surface area contributed by atoms with Crippen LogP contribution < -0.4 is 0 Å². The highest BCUT2D eigenvalue weighted by Crippen LogP contribution is 2.12. The molecule has 1 rings (SSSR count). The molecule has 0 aromatic carbocycles. The Hall–Kier alpha value is -1.16. The van der Waals surface area contributed by atoms with Crippen molar-refractivity contribution < 1.29 is 14.3 Å². The van der Waals surface area contributed by atoms with Gasteiger partial charge >= 0.3 is 5.97 Å². The van der Waals surface area contributed by atoms with Crippen LogP contribution >= 0.6 is 11.8 Å². The second-order valence-corrected chi connectivity index (χ2v) is 2.93. The quantitative estimate of drug-likeness (QED) is 0.728. The van der Waals surface area contributed by atoms with Gasteiger partial charge in [0.15, 0.2) is 0 Å². The molecule has 1 aromatic heterocycles. The van der Waals surface area contributed by atoms with Crippen LogP contribution in [0, 0.1) is 0 Å². The van der Waals surface area contributed by atoms with Gasteiger partial charge in [0, 0.05) is 6.08 Å². The van der Waals surface area contributed by atoms with Crippen molar-refractivity contribution in [1.29, 1.82) is 0 Å². The minimum Gasteiger partial charge on any atom is -0.478 e. The minimum atomic E-state index is -0.929. The van der Waals surface area contributed by atoms with Gasteiger partial charge in [-0.1, -0.05) is 0 Å². The van der Waals surface area contributed by atoms with E-state index in [4.69, 9.17) is 9.52 Å². The van der Waals surface area contributed by atoms with Gasteiger partial charge < -0.3 is 9.52 Å². The van der Waals surface area contributed by atoms with E-state index in [1.807, 2.05) is 6.07 Å². The molecule has 1 heterocycles. The summed E-state index contributed by atoms with van der Waals surface area (Å²) in [6.07, 6.45) is 2.70. The fourth-order valence-electron chi connectivity index (χ4n) is 0.631. The molecule has 0 spiro atoms. The lowest BCUT2D eigenvalue weighted by Crippen LogP contribution is -1.84. The summed E-state index contributed by atoms with van der Waals surface area (Å²) in [5.74, 6) is 0.577. The van der Waals surface area contributed by atoms with Gasteiger partial charge in [-0.15, -0.1) is 11.8 Å². The van der Waals surface area contributed by atoms with Crippen molar-refractivity contribution in [2.45, 2.75) is 5.75 Å². The standard InChI is InChI=1S/C8H8O3S/c9-8(10)3-5-12-6-7-2-1-4-11-7/h1-5H,6H2,(H,9,10)/b5-3+. The first kappa shape index (κ1) is 8.93. The second-order valence-electron chi connectivity index (χ2n) is 2.03. The fourth-order valence-corrected chi connectivity index (χ4v) is 1.27. The average molecular weight is 184 g/mol. The van der Waals surface area contributed by atoms with Crippen molar-refractivity contribution in [3.05, 3.63) is 35.6 Å². The van der Waals surface area contributed by atoms with Crippen molar-refractivity contribution in [1.82, 2.24) is 0 Å². The predicted molar refractivity (Wildman–Crippen MR) is 46.8 cm³/mol. The second kappa shape index (κ2) is 4.66. The van der Waals surface area contributed by atoms with E-state index in [2.05, 4.69) is 0 Å². The summed E-state index contributed by atoms with van der Waals surface area (Å²) < 4.78 is 5.04. The van der Waals surface area contributed by atoms with E-state index in [0.29, 0.717) is 5.75 Å². The molecule has 0 saturated heterocycles. The number of carbonyl (C=O) groups is 1. The summed E-state index contributed by atoms with van der Waals surface area (Å²) in [6.45, 7) is 0. The van der Waals surface area contributed by atoms with Crippen LogP contribution in [0.25, 0.3) is 0 Å². The molecule has 1 aromatic rings. The smallest absolute Gasteiger partial charge is 0.328 e. The van der Waals surface area contributed by atoms with E-state index in [0.717, 1.165) is 11.8 Å². The maximum atomic E-state index is 10.0. The average Bonchev–Trinajstić information content (AvgIpc) is 2.49. The van der Waals surface area contributed by atoms with E-state index >= 15 is 0 Å². The van der Waals surface area contributed by atoms with E-state index in [-0.39, 0.29) is 0 Å². The van der Waals surface area contributed by atoms with E-state index in [9.17, 15) is 4.79 Å². The van der Waals surface area contributed by atoms with Crippen molar-refractivity contribution >= 4 is 17.7 Å². The Kier molecular flexibility index (Phi) is 3.47. The summed E-state index contributed by atoms with van der Waals surface area (Å²) in [4.78, 5) is 10.0. The number of aliphatic carboxylic acids is 1. The van der Waals surface area contributed by atoms with Gasteiger partial charge in [0.25, 0.3) is 0 Å². The first-order valence-electron chi connectivity index (χ1n) is 3.32. The highest BCUT2D eigenvalue weighted by molar-refractivity contribution is 8.01. The van der Waals surface area contributed by atoms with Crippen LogP contribution in [0.4, 0.5) is 0 Å². The zero-order valence-electron chi connectivity index (χ0n) is 6.27. The first-order chi connectivity index (χ1) is 5.79. The molecule has 0 atom stereocenters. The molecule has 64 valence electrons. The highest BCUT2D eigenvalue weighted by Gasteiger charge is 1.92. The third-order valence-electron chi connectivity index (χ3n) is 1.11. The van der Waals surface area contributed by atoms with Crippen LogP contribution in [0.2, 0.25) is 0 Å². The van der Waals surface area contributed by atoms with Crippen molar-refractivity contribution in [3.8, 4) is 0 Å². The normalized spacial score (nSPS) is 10.7. The topological polar surface area (TPSA) is 50.4 Å². The number of rotatable bonds is 4. The Morgan fingerprint density at radius 2 is 2.58 bits per heavy atom. The van der Waals surface area contributed by atoms with Gasteiger partial charge in [-0.05, 0) is 17.5 Å². The first-order valence-corrected chi connectivity index (χ1v) is 4.37. The van der Waals surface area contributed by atoms with Crippen molar-refractivity contribution in [2.24, 2.45) is 0 Å². The number of furan rings is 1. The summed E-state index contributed by atoms with van der Waals surface area (Å²) in [6, 6.07) is 3.65. The summed E-state index contributed by atoms with van der Waals surface area (Å²) in [5, 5.41) is 9.78. The third-order valence-corrected chi connectivity index (χ3v) is 1.89. The van der Waals surface area contributed by atoms with Crippen molar-refractivity contribution in [2.75, 3.05) is 0 Å². The lowest BCUT2D eigenvalue weighted by atomic mass is 10.5. The Balaban J connectivity index is 2.23. The SMILES string of the molecule is O=C(O)/C=C/SCc1ccco1. The van der Waals surface area contributed by atoms with Crippen LogP contribution in [-0.4, -0.2) is 11.1 Å². The maximum absolute atomic E-state index is 10.0. The molecule has 0 aliphatic carbocycles. The molecule has 1 N–H and O–H groups in total. The van der Waals surface area contributed by atoms with Crippen LogP contribution in [0.15, 0.2) is 34.3 Å². The Bertz CT molecular complexity index is 264. The predicted octanol–water partition coefficient (Wildman–Crippen LogP) is 2.11. The van der Waals surface area contributed by atoms with Gasteiger partial charge in [0.1, 0.15) is 5.76 Å². The number of thioether (sulfide) groups is 1. The molecule has 12 heavy (non-hydrogen) atoms. The molecular weight excluding hydrogens is 176 g/mol. The molecule has 0 fully saturated rings. The summed E-state index contributed by atoms with van der Waals surface area (Å²) in [5.41, 5.74) is 0. The number of carboxylic acids is 1. The van der Waals surface area contributed by atoms with Gasteiger partial charge in [-0.2, -0.15) is 0 Å². The molecule has 0 bridgehead atoms. The Labute approximate surface area is 74.1 Å². The number of carboxylic acid groups (broad SMARTS) is 1. The highest BCUT2D eigenvalue weighted by atomic mass is 32.2. The maximum Gasteiger partial charge on any atom is 0.328 e. The van der Waals surface area contributed by atoms with Gasteiger partial charge in [-0.3, -0.25) is 0 Å². The number of hydrogen-bond acceptors (Lipinski definition) is 3. The monoisotopic (exact) mass is 184 g/mol. The zero-order valence-corrected chi connectivity index (χ0v) is 7.08. The molecule has 0 aliphatic heterocycles. The van der Waals surface area contributed by atoms with Gasteiger partial charge in [0.2, 0.25) is 0 Å². The molecule has 4 heteroatoms. The minimum absolute atomic E-state index is 0.663. The molecular formula is C8H8O3S. The molecule has 0 radical (unpaired) electrons. The number of hydrogen-bond donors (Lipinski definition) is 1. The molecule has 0 aliphatic rings. The lowest BCUT2D eigenvalue weighted by Gasteiger charge is -1.88. The summed E-state index contributed by atoms with van der Waals surface area (Å²) in [7, 11) is 0. The van der Waals surface area contributed by atoms with Crippen LogP contribution in [0.1, 0.15) is 5.76 Å². The zero-order chi connectivity index (χ0) is 8.81. The van der Waals surface area contributed by atoms with Crippen molar-refractivity contribution in [3.63, 3.8) is 0 Å². The molecule has 0 amide bonds. The van der Waals surface area contributed by atoms with E-state index in [1.165, 1.54) is 17.2 Å². The molecule has 0 saturated carbocycles. The van der Waals surface area contributed by atoms with E-state index < -0.39 is 5.97 Å². The molecule has 0 unspecified atom stereocenters. The third kappa shape index (κ3) is 3.30. The fraction of sp³-hybridized carbons (Fsp3) is 0.125. The van der Waals surface area contributed by atoms with Crippen LogP contribution in [0.5, 0.6) is 0 Å². The Morgan fingerprint density at radius 1 is 1.75 bits per heavy atom.